The Bertz CT molecular complexity index is 995. The maximum atomic E-state index is 12.1. The van der Waals surface area contributed by atoms with Crippen LogP contribution in [-0.2, 0) is 13.1 Å². The van der Waals surface area contributed by atoms with Crippen LogP contribution in [-0.4, -0.2) is 37.1 Å². The summed E-state index contributed by atoms with van der Waals surface area (Å²) in [6, 6.07) is 10.1. The number of benzene rings is 1. The quantitative estimate of drug-likeness (QED) is 0.651. The first-order chi connectivity index (χ1) is 13.5. The summed E-state index contributed by atoms with van der Waals surface area (Å²) in [5.41, 5.74) is 7.56. The summed E-state index contributed by atoms with van der Waals surface area (Å²) in [4.78, 5) is 25.5. The molecule has 2 N–H and O–H groups in total. The van der Waals surface area contributed by atoms with E-state index in [-0.39, 0.29) is 23.5 Å². The van der Waals surface area contributed by atoms with Gasteiger partial charge < -0.3 is 5.73 Å². The van der Waals surface area contributed by atoms with Crippen LogP contribution in [0.2, 0.25) is 10.3 Å². The molecule has 0 aliphatic carbocycles. The van der Waals surface area contributed by atoms with Crippen LogP contribution < -0.4 is 5.73 Å². The molecule has 2 aromatic heterocycles. The van der Waals surface area contributed by atoms with Crippen molar-refractivity contribution < 1.29 is 9.59 Å². The minimum Gasteiger partial charge on any atom is -0.326 e. The summed E-state index contributed by atoms with van der Waals surface area (Å²) in [7, 11) is 0. The van der Waals surface area contributed by atoms with Crippen molar-refractivity contribution in [2.45, 2.75) is 13.1 Å². The van der Waals surface area contributed by atoms with E-state index >= 15 is 0 Å². The number of amides is 2. The third-order valence-corrected chi connectivity index (χ3v) is 4.57. The highest BCUT2D eigenvalue weighted by Crippen LogP contribution is 2.25. The monoisotopic (exact) mass is 416 g/mol. The Labute approximate surface area is 170 Å². The largest absolute Gasteiger partial charge is 0.326 e. The molecule has 0 fully saturated rings. The lowest BCUT2D eigenvalue weighted by Crippen LogP contribution is -2.29. The number of rotatable bonds is 3. The fraction of sp³-hybridized carbons (Fsp3) is 0.111. The Balaban J connectivity index is 0.000000211. The molecule has 4 rings (SSSR count). The molecule has 0 radical (unpaired) electrons. The van der Waals surface area contributed by atoms with E-state index in [0.717, 1.165) is 10.5 Å². The maximum Gasteiger partial charge on any atom is 0.261 e. The number of imide groups is 1. The van der Waals surface area contributed by atoms with Gasteiger partial charge in [0.15, 0.2) is 10.3 Å². The molecule has 3 aromatic rings. The number of carbonyl (C=O) groups excluding carboxylic acids is 2. The van der Waals surface area contributed by atoms with E-state index in [9.17, 15) is 9.59 Å². The average molecular weight is 417 g/mol. The van der Waals surface area contributed by atoms with Crippen LogP contribution in [0.4, 0.5) is 0 Å². The summed E-state index contributed by atoms with van der Waals surface area (Å²) < 4.78 is 0. The van der Waals surface area contributed by atoms with Crippen LogP contribution in [0.3, 0.4) is 0 Å². The molecule has 0 spiro atoms. The van der Waals surface area contributed by atoms with Crippen LogP contribution in [0, 0.1) is 0 Å². The minimum atomic E-state index is -0.312. The predicted molar refractivity (Wildman–Crippen MR) is 103 cm³/mol. The third-order valence-electron chi connectivity index (χ3n) is 3.93. The number of fused-ring (bicyclic) bond motifs is 1. The number of nitrogens with zero attached hydrogens (tertiary/aromatic N) is 5. The average Bonchev–Trinajstić information content (AvgIpc) is 2.96. The number of aromatic nitrogens is 4. The van der Waals surface area contributed by atoms with Gasteiger partial charge in [0.05, 0.1) is 30.1 Å². The standard InChI is InChI=1S/C13H8ClN3O2.C5H6ClN3/c14-11-8(5-6-15-16-11)7-17-12(18)9-3-1-2-4-10(9)13(17)19;6-5-4(3-7)1-2-8-9-5/h1-6H,7H2;1-2H,3,7H2. The van der Waals surface area contributed by atoms with Crippen molar-refractivity contribution in [1.82, 2.24) is 25.3 Å². The highest BCUT2D eigenvalue weighted by molar-refractivity contribution is 6.30. The Morgan fingerprint density at radius 1 is 0.821 bits per heavy atom. The number of nitrogens with two attached hydrogens (primary N) is 1. The van der Waals surface area contributed by atoms with Gasteiger partial charge in [0.25, 0.3) is 11.8 Å². The Morgan fingerprint density at radius 3 is 1.75 bits per heavy atom. The maximum absolute atomic E-state index is 12.1. The normalized spacial score (nSPS) is 12.5. The SMILES string of the molecule is NCc1ccnnc1Cl.O=C1c2ccccc2C(=O)N1Cc1ccnnc1Cl. The number of hydrogen-bond acceptors (Lipinski definition) is 7. The van der Waals surface area contributed by atoms with Gasteiger partial charge >= 0.3 is 0 Å². The van der Waals surface area contributed by atoms with Crippen molar-refractivity contribution in [3.63, 3.8) is 0 Å². The van der Waals surface area contributed by atoms with Crippen LogP contribution in [0.5, 0.6) is 0 Å². The fourth-order valence-electron chi connectivity index (χ4n) is 2.50. The molecule has 1 aliphatic heterocycles. The van der Waals surface area contributed by atoms with Crippen LogP contribution in [0.25, 0.3) is 0 Å². The molecule has 3 heterocycles. The zero-order valence-corrected chi connectivity index (χ0v) is 15.9. The summed E-state index contributed by atoms with van der Waals surface area (Å²) in [6.45, 7) is 0.509. The van der Waals surface area contributed by atoms with Gasteiger partial charge in [0.1, 0.15) is 0 Å². The first-order valence-corrected chi connectivity index (χ1v) is 8.86. The molecule has 8 nitrogen and oxygen atoms in total. The zero-order valence-electron chi connectivity index (χ0n) is 14.4. The molecular weight excluding hydrogens is 403 g/mol. The van der Waals surface area contributed by atoms with E-state index in [1.807, 2.05) is 0 Å². The molecule has 28 heavy (non-hydrogen) atoms. The first-order valence-electron chi connectivity index (χ1n) is 8.10. The van der Waals surface area contributed by atoms with Crippen LogP contribution >= 0.6 is 23.2 Å². The smallest absolute Gasteiger partial charge is 0.261 e. The van der Waals surface area contributed by atoms with Gasteiger partial charge in [-0.05, 0) is 24.3 Å². The lowest BCUT2D eigenvalue weighted by molar-refractivity contribution is 0.0642. The number of halogens is 2. The van der Waals surface area contributed by atoms with E-state index in [2.05, 4.69) is 20.4 Å². The van der Waals surface area contributed by atoms with Crippen LogP contribution in [0.15, 0.2) is 48.8 Å². The van der Waals surface area contributed by atoms with E-state index in [4.69, 9.17) is 28.9 Å². The molecule has 2 amide bonds. The first kappa shape index (κ1) is 19.8. The van der Waals surface area contributed by atoms with E-state index < -0.39 is 0 Å². The minimum absolute atomic E-state index is 0.0979. The summed E-state index contributed by atoms with van der Waals surface area (Å²) in [5.74, 6) is -0.623. The van der Waals surface area contributed by atoms with Crippen LogP contribution in [0.1, 0.15) is 31.8 Å². The van der Waals surface area contributed by atoms with Gasteiger partial charge in [-0.15, -0.1) is 10.2 Å². The lowest BCUT2D eigenvalue weighted by Gasteiger charge is -2.13. The molecule has 0 atom stereocenters. The van der Waals surface area contributed by atoms with Gasteiger partial charge in [0.2, 0.25) is 0 Å². The lowest BCUT2D eigenvalue weighted by atomic mass is 10.1. The molecule has 1 aliphatic rings. The molecule has 0 saturated heterocycles. The summed E-state index contributed by atoms with van der Waals surface area (Å²) in [6.07, 6.45) is 3.04. The Kier molecular flexibility index (Phi) is 6.25. The second-order valence-electron chi connectivity index (χ2n) is 5.64. The Morgan fingerprint density at radius 2 is 1.32 bits per heavy atom. The van der Waals surface area contributed by atoms with Gasteiger partial charge in [-0.25, -0.2) is 0 Å². The fourth-order valence-corrected chi connectivity index (χ4v) is 2.85. The van der Waals surface area contributed by atoms with Crippen molar-refractivity contribution in [2.75, 3.05) is 0 Å². The van der Waals surface area contributed by atoms with Gasteiger partial charge in [0, 0.05) is 17.7 Å². The van der Waals surface area contributed by atoms with Crippen molar-refractivity contribution >= 4 is 35.0 Å². The van der Waals surface area contributed by atoms with Crippen molar-refractivity contribution in [1.29, 1.82) is 0 Å². The highest BCUT2D eigenvalue weighted by atomic mass is 35.5. The van der Waals surface area contributed by atoms with E-state index in [1.54, 1.807) is 42.6 Å². The van der Waals surface area contributed by atoms with Crippen molar-refractivity contribution in [3.05, 3.63) is 81.4 Å². The molecule has 142 valence electrons. The molecular formula is C18H14Cl2N6O2. The number of hydrogen-bond donors (Lipinski definition) is 1. The second-order valence-corrected chi connectivity index (χ2v) is 6.36. The molecule has 10 heteroatoms. The second kappa shape index (κ2) is 8.83. The van der Waals surface area contributed by atoms with Gasteiger partial charge in [-0.1, -0.05) is 35.3 Å². The summed E-state index contributed by atoms with van der Waals surface area (Å²) in [5, 5.41) is 15.0. The topological polar surface area (TPSA) is 115 Å². The van der Waals surface area contributed by atoms with Gasteiger partial charge in [-0.3, -0.25) is 14.5 Å². The highest BCUT2D eigenvalue weighted by Gasteiger charge is 2.35. The number of carbonyl (C=O) groups is 2. The third kappa shape index (κ3) is 4.14. The Hall–Kier alpha value is -2.94. The molecule has 1 aromatic carbocycles. The zero-order chi connectivity index (χ0) is 20.1. The summed E-state index contributed by atoms with van der Waals surface area (Å²) >= 11 is 11.5. The van der Waals surface area contributed by atoms with Crippen molar-refractivity contribution in [2.24, 2.45) is 5.73 Å². The molecule has 0 bridgehead atoms. The van der Waals surface area contributed by atoms with E-state index in [0.29, 0.717) is 28.4 Å². The van der Waals surface area contributed by atoms with E-state index in [1.165, 1.54) is 6.20 Å². The predicted octanol–water partition coefficient (Wildman–Crippen LogP) is 2.51. The van der Waals surface area contributed by atoms with Gasteiger partial charge in [-0.2, -0.15) is 10.2 Å². The van der Waals surface area contributed by atoms with Crippen molar-refractivity contribution in [3.8, 4) is 0 Å². The molecule has 0 unspecified atom stereocenters. The molecule has 0 saturated carbocycles.